The molecule has 2 aromatic carbocycles. The van der Waals surface area contributed by atoms with Gasteiger partial charge in [-0.05, 0) is 51.5 Å². The van der Waals surface area contributed by atoms with Gasteiger partial charge in [0.1, 0.15) is 0 Å². The lowest BCUT2D eigenvalue weighted by Gasteiger charge is -2.16. The Morgan fingerprint density at radius 1 is 1.00 bits per heavy atom. The zero-order chi connectivity index (χ0) is 21.4. The lowest BCUT2D eigenvalue weighted by atomic mass is 10.1. The summed E-state index contributed by atoms with van der Waals surface area (Å²) in [5.74, 6) is 0.487. The second-order valence-corrected chi connectivity index (χ2v) is 8.09. The first kappa shape index (κ1) is 22.5. The van der Waals surface area contributed by atoms with E-state index in [4.69, 9.17) is 9.47 Å². The van der Waals surface area contributed by atoms with Gasteiger partial charge in [0.15, 0.2) is 11.5 Å². The number of ether oxygens (including phenoxy) is 2. The topological polar surface area (TPSA) is 93.7 Å². The van der Waals surface area contributed by atoms with Crippen LogP contribution in [0.3, 0.4) is 0 Å². The predicted molar refractivity (Wildman–Crippen MR) is 113 cm³/mol. The first-order valence-electron chi connectivity index (χ1n) is 9.64. The van der Waals surface area contributed by atoms with Gasteiger partial charge >= 0.3 is 0 Å². The third kappa shape index (κ3) is 5.87. The van der Waals surface area contributed by atoms with Crippen LogP contribution < -0.4 is 19.5 Å². The third-order valence-electron chi connectivity index (χ3n) is 4.23. The van der Waals surface area contributed by atoms with E-state index in [1.54, 1.807) is 37.3 Å². The van der Waals surface area contributed by atoms with Gasteiger partial charge in [-0.25, -0.2) is 8.42 Å². The molecule has 2 rings (SSSR count). The molecule has 0 heterocycles. The predicted octanol–water partition coefficient (Wildman–Crippen LogP) is 3.81. The maximum atomic E-state index is 12.9. The van der Waals surface area contributed by atoms with E-state index in [1.807, 2.05) is 20.8 Å². The van der Waals surface area contributed by atoms with E-state index >= 15 is 0 Å². The summed E-state index contributed by atoms with van der Waals surface area (Å²) in [5, 5.41) is 2.85. The fraction of sp³-hybridized carbons (Fsp3) is 0.381. The van der Waals surface area contributed by atoms with E-state index in [0.29, 0.717) is 24.7 Å². The Labute approximate surface area is 172 Å². The molecule has 0 aliphatic rings. The molecule has 7 nitrogen and oxygen atoms in total. The zero-order valence-corrected chi connectivity index (χ0v) is 18.0. The van der Waals surface area contributed by atoms with Gasteiger partial charge in [0.25, 0.3) is 15.9 Å². The zero-order valence-electron chi connectivity index (χ0n) is 17.2. The first-order valence-corrected chi connectivity index (χ1v) is 11.1. The maximum Gasteiger partial charge on any atom is 0.262 e. The number of hydrogen-bond acceptors (Lipinski definition) is 5. The van der Waals surface area contributed by atoms with Crippen LogP contribution >= 0.6 is 0 Å². The highest BCUT2D eigenvalue weighted by Gasteiger charge is 2.21. The first-order chi connectivity index (χ1) is 13.8. The molecule has 1 unspecified atom stereocenters. The average Bonchev–Trinajstić information content (AvgIpc) is 2.69. The normalized spacial score (nSPS) is 12.1. The van der Waals surface area contributed by atoms with Gasteiger partial charge in [-0.1, -0.05) is 19.1 Å². The Bertz CT molecular complexity index is 944. The molecular formula is C21H28N2O5S. The molecule has 2 aromatic rings. The molecule has 0 saturated carbocycles. The number of anilines is 1. The molecule has 0 spiro atoms. The van der Waals surface area contributed by atoms with Crippen molar-refractivity contribution in [3.05, 3.63) is 48.0 Å². The lowest BCUT2D eigenvalue weighted by molar-refractivity contribution is 0.0940. The highest BCUT2D eigenvalue weighted by atomic mass is 32.2. The summed E-state index contributed by atoms with van der Waals surface area (Å²) >= 11 is 0. The van der Waals surface area contributed by atoms with E-state index in [9.17, 15) is 13.2 Å². The number of benzene rings is 2. The maximum absolute atomic E-state index is 12.9. The van der Waals surface area contributed by atoms with Crippen molar-refractivity contribution in [2.75, 3.05) is 17.9 Å². The number of hydrogen-bond donors (Lipinski definition) is 2. The Morgan fingerprint density at radius 2 is 1.66 bits per heavy atom. The molecule has 0 fully saturated rings. The minimum Gasteiger partial charge on any atom is -0.490 e. The Morgan fingerprint density at radius 3 is 2.31 bits per heavy atom. The number of sulfonamides is 1. The van der Waals surface area contributed by atoms with Gasteiger partial charge in [0, 0.05) is 12.1 Å². The lowest BCUT2D eigenvalue weighted by Crippen LogP contribution is -2.32. The third-order valence-corrected chi connectivity index (χ3v) is 5.59. The van der Waals surface area contributed by atoms with Crippen molar-refractivity contribution >= 4 is 21.6 Å². The monoisotopic (exact) mass is 420 g/mol. The van der Waals surface area contributed by atoms with Gasteiger partial charge in [-0.15, -0.1) is 0 Å². The Balaban J connectivity index is 2.35. The van der Waals surface area contributed by atoms with Crippen molar-refractivity contribution in [3.63, 3.8) is 0 Å². The van der Waals surface area contributed by atoms with Crippen molar-refractivity contribution < 1.29 is 22.7 Å². The Hall–Kier alpha value is -2.74. The van der Waals surface area contributed by atoms with E-state index in [0.717, 1.165) is 6.42 Å². The fourth-order valence-electron chi connectivity index (χ4n) is 2.58. The molecule has 0 aromatic heterocycles. The molecule has 29 heavy (non-hydrogen) atoms. The summed E-state index contributed by atoms with van der Waals surface area (Å²) in [6.07, 6.45) is 0.770. The van der Waals surface area contributed by atoms with Crippen LogP contribution in [0.5, 0.6) is 11.5 Å². The molecule has 2 N–H and O–H groups in total. The highest BCUT2D eigenvalue weighted by Crippen LogP contribution is 2.31. The summed E-state index contributed by atoms with van der Waals surface area (Å²) in [4.78, 5) is 12.5. The summed E-state index contributed by atoms with van der Waals surface area (Å²) in [6.45, 7) is 8.30. The van der Waals surface area contributed by atoms with Crippen LogP contribution in [0.2, 0.25) is 0 Å². The van der Waals surface area contributed by atoms with Gasteiger partial charge in [0.05, 0.1) is 29.4 Å². The van der Waals surface area contributed by atoms with Gasteiger partial charge in [-0.2, -0.15) is 0 Å². The minimum absolute atomic E-state index is 0.0153. The van der Waals surface area contributed by atoms with Crippen molar-refractivity contribution in [3.8, 4) is 11.5 Å². The number of rotatable bonds is 10. The van der Waals surface area contributed by atoms with Crippen molar-refractivity contribution in [1.29, 1.82) is 0 Å². The van der Waals surface area contributed by atoms with Crippen LogP contribution in [0.4, 0.5) is 5.69 Å². The van der Waals surface area contributed by atoms with Crippen molar-refractivity contribution in [2.24, 2.45) is 0 Å². The molecule has 0 radical (unpaired) electrons. The second kappa shape index (κ2) is 10.2. The molecule has 158 valence electrons. The molecule has 0 saturated heterocycles. The Kier molecular flexibility index (Phi) is 7.90. The standard InChI is InChI=1S/C21H28N2O5S/c1-5-15(4)22-21(24)17-10-8-9-11-18(17)23-29(25,26)16-12-13-19(27-6-2)20(14-16)28-7-3/h8-15,23H,5-7H2,1-4H3,(H,22,24). The molecule has 8 heteroatoms. The van der Waals surface area contributed by atoms with Crippen LogP contribution in [0.1, 0.15) is 44.5 Å². The quantitative estimate of drug-likeness (QED) is 0.610. The summed E-state index contributed by atoms with van der Waals surface area (Å²) in [5.41, 5.74) is 0.465. The number of amides is 1. The average molecular weight is 421 g/mol. The number of para-hydroxylation sites is 1. The molecular weight excluding hydrogens is 392 g/mol. The number of carbonyl (C=O) groups is 1. The van der Waals surface area contributed by atoms with Crippen LogP contribution in [-0.2, 0) is 10.0 Å². The molecule has 0 aliphatic heterocycles. The van der Waals surface area contributed by atoms with E-state index < -0.39 is 10.0 Å². The van der Waals surface area contributed by atoms with E-state index in [-0.39, 0.29) is 28.1 Å². The smallest absolute Gasteiger partial charge is 0.262 e. The van der Waals surface area contributed by atoms with Gasteiger partial charge < -0.3 is 14.8 Å². The second-order valence-electron chi connectivity index (χ2n) is 6.41. The highest BCUT2D eigenvalue weighted by molar-refractivity contribution is 7.92. The van der Waals surface area contributed by atoms with Crippen molar-refractivity contribution in [2.45, 2.75) is 45.1 Å². The number of nitrogens with one attached hydrogen (secondary N) is 2. The van der Waals surface area contributed by atoms with E-state index in [2.05, 4.69) is 10.0 Å². The van der Waals surface area contributed by atoms with Crippen LogP contribution in [0.15, 0.2) is 47.4 Å². The van der Waals surface area contributed by atoms with Crippen LogP contribution in [0.25, 0.3) is 0 Å². The van der Waals surface area contributed by atoms with Gasteiger partial charge in [-0.3, -0.25) is 9.52 Å². The van der Waals surface area contributed by atoms with Gasteiger partial charge in [0.2, 0.25) is 0 Å². The summed E-state index contributed by atoms with van der Waals surface area (Å²) in [6, 6.07) is 10.9. The summed E-state index contributed by atoms with van der Waals surface area (Å²) in [7, 11) is -3.94. The molecule has 1 amide bonds. The molecule has 0 aliphatic carbocycles. The largest absolute Gasteiger partial charge is 0.490 e. The van der Waals surface area contributed by atoms with E-state index in [1.165, 1.54) is 12.1 Å². The molecule has 1 atom stereocenters. The SMILES string of the molecule is CCOc1ccc(S(=O)(=O)Nc2ccccc2C(=O)NC(C)CC)cc1OCC. The van der Waals surface area contributed by atoms with Crippen molar-refractivity contribution in [1.82, 2.24) is 5.32 Å². The number of carbonyl (C=O) groups excluding carboxylic acids is 1. The van der Waals surface area contributed by atoms with Crippen LogP contribution in [0, 0.1) is 0 Å². The fourth-order valence-corrected chi connectivity index (χ4v) is 3.67. The summed E-state index contributed by atoms with van der Waals surface area (Å²) < 4.78 is 39.4. The minimum atomic E-state index is -3.94. The molecule has 0 bridgehead atoms. The van der Waals surface area contributed by atoms with Crippen LogP contribution in [-0.4, -0.2) is 33.6 Å².